The van der Waals surface area contributed by atoms with Crippen LogP contribution in [-0.4, -0.2) is 32.3 Å². The van der Waals surface area contributed by atoms with E-state index < -0.39 is 0 Å². The van der Waals surface area contributed by atoms with Crippen LogP contribution in [0.5, 0.6) is 11.5 Å². The van der Waals surface area contributed by atoms with Gasteiger partial charge in [0.15, 0.2) is 11.5 Å². The van der Waals surface area contributed by atoms with Crippen LogP contribution in [0.3, 0.4) is 0 Å². The Hall–Kier alpha value is -0.390. The summed E-state index contributed by atoms with van der Waals surface area (Å²) in [6, 6.07) is 4.59. The van der Waals surface area contributed by atoms with Gasteiger partial charge in [0.05, 0.1) is 18.7 Å². The number of nitrogens with one attached hydrogen (secondary N) is 1. The van der Waals surface area contributed by atoms with E-state index >= 15 is 0 Å². The number of thioether (sulfide) groups is 1. The molecule has 0 amide bonds. The Morgan fingerprint density at radius 1 is 1.32 bits per heavy atom. The number of hydrogen-bond donors (Lipinski definition) is 1. The van der Waals surface area contributed by atoms with E-state index in [2.05, 4.69) is 40.5 Å². The van der Waals surface area contributed by atoms with Crippen molar-refractivity contribution in [2.45, 2.75) is 25.9 Å². The zero-order valence-corrected chi connectivity index (χ0v) is 14.4. The molecule has 0 bridgehead atoms. The van der Waals surface area contributed by atoms with Gasteiger partial charge in [0.25, 0.3) is 0 Å². The van der Waals surface area contributed by atoms with Gasteiger partial charge >= 0.3 is 0 Å². The van der Waals surface area contributed by atoms with Crippen LogP contribution < -0.4 is 14.8 Å². The SMILES string of the molecule is COc1cc(CNC(C)CCSC)cc(Br)c1OC. The summed E-state index contributed by atoms with van der Waals surface area (Å²) in [5.74, 6) is 2.68. The fourth-order valence-electron chi connectivity index (χ4n) is 1.76. The average Bonchev–Trinajstić information content (AvgIpc) is 2.42. The van der Waals surface area contributed by atoms with Crippen molar-refractivity contribution in [3.05, 3.63) is 22.2 Å². The van der Waals surface area contributed by atoms with Crippen molar-refractivity contribution in [1.29, 1.82) is 0 Å². The highest BCUT2D eigenvalue weighted by molar-refractivity contribution is 9.10. The quantitative estimate of drug-likeness (QED) is 0.776. The van der Waals surface area contributed by atoms with Crippen molar-refractivity contribution in [3.8, 4) is 11.5 Å². The van der Waals surface area contributed by atoms with Gasteiger partial charge in [0, 0.05) is 12.6 Å². The molecule has 1 N–H and O–H groups in total. The third kappa shape index (κ3) is 5.24. The van der Waals surface area contributed by atoms with Crippen molar-refractivity contribution in [1.82, 2.24) is 5.32 Å². The van der Waals surface area contributed by atoms with Crippen molar-refractivity contribution < 1.29 is 9.47 Å². The molecular formula is C14H22BrNO2S. The van der Waals surface area contributed by atoms with Crippen molar-refractivity contribution in [3.63, 3.8) is 0 Å². The molecule has 1 aromatic carbocycles. The third-order valence-electron chi connectivity index (χ3n) is 2.90. The van der Waals surface area contributed by atoms with E-state index in [9.17, 15) is 0 Å². The Labute approximate surface area is 128 Å². The summed E-state index contributed by atoms with van der Waals surface area (Å²) in [4.78, 5) is 0. The highest BCUT2D eigenvalue weighted by atomic mass is 79.9. The molecule has 0 aliphatic rings. The number of halogens is 1. The van der Waals surface area contributed by atoms with Crippen LogP contribution >= 0.6 is 27.7 Å². The molecule has 1 rings (SSSR count). The molecule has 108 valence electrons. The summed E-state index contributed by atoms with van der Waals surface area (Å²) >= 11 is 5.39. The molecule has 0 fully saturated rings. The molecule has 0 saturated heterocycles. The third-order valence-corrected chi connectivity index (χ3v) is 4.14. The van der Waals surface area contributed by atoms with Gasteiger partial charge in [-0.3, -0.25) is 0 Å². The molecule has 0 heterocycles. The number of hydrogen-bond acceptors (Lipinski definition) is 4. The fourth-order valence-corrected chi connectivity index (χ4v) is 3.00. The van der Waals surface area contributed by atoms with Gasteiger partial charge in [-0.25, -0.2) is 0 Å². The molecule has 1 unspecified atom stereocenters. The van der Waals surface area contributed by atoms with Crippen molar-refractivity contribution in [2.75, 3.05) is 26.2 Å². The zero-order valence-electron chi connectivity index (χ0n) is 12.0. The summed E-state index contributed by atoms with van der Waals surface area (Å²) in [6.45, 7) is 3.04. The predicted molar refractivity (Wildman–Crippen MR) is 86.5 cm³/mol. The van der Waals surface area contributed by atoms with Gasteiger partial charge in [-0.1, -0.05) is 0 Å². The van der Waals surface area contributed by atoms with Crippen LogP contribution in [0.2, 0.25) is 0 Å². The maximum atomic E-state index is 5.34. The average molecular weight is 348 g/mol. The predicted octanol–water partition coefficient (Wildman–Crippen LogP) is 3.70. The first-order valence-electron chi connectivity index (χ1n) is 6.25. The molecule has 3 nitrogen and oxygen atoms in total. The van der Waals surface area contributed by atoms with Gasteiger partial charge < -0.3 is 14.8 Å². The largest absolute Gasteiger partial charge is 0.493 e. The molecule has 0 radical (unpaired) electrons. The van der Waals surface area contributed by atoms with Crippen LogP contribution in [0.25, 0.3) is 0 Å². The summed E-state index contributed by atoms with van der Waals surface area (Å²) < 4.78 is 11.6. The summed E-state index contributed by atoms with van der Waals surface area (Å²) in [7, 11) is 3.30. The fraction of sp³-hybridized carbons (Fsp3) is 0.571. The first kappa shape index (κ1) is 16.7. The Kier molecular flexibility index (Phi) is 7.64. The molecule has 0 aromatic heterocycles. The number of methoxy groups -OCH3 is 2. The summed E-state index contributed by atoms with van der Waals surface area (Å²) in [6.07, 6.45) is 3.31. The molecule has 0 saturated carbocycles. The highest BCUT2D eigenvalue weighted by Gasteiger charge is 2.11. The van der Waals surface area contributed by atoms with Gasteiger partial charge in [-0.2, -0.15) is 11.8 Å². The lowest BCUT2D eigenvalue weighted by Crippen LogP contribution is -2.26. The lowest BCUT2D eigenvalue weighted by atomic mass is 10.1. The Morgan fingerprint density at radius 3 is 2.63 bits per heavy atom. The van der Waals surface area contributed by atoms with Crippen LogP contribution in [0.4, 0.5) is 0 Å². The molecular weight excluding hydrogens is 326 g/mol. The first-order chi connectivity index (χ1) is 9.12. The summed E-state index contributed by atoms with van der Waals surface area (Å²) in [5, 5.41) is 3.52. The van der Waals surface area contributed by atoms with Crippen LogP contribution in [-0.2, 0) is 6.54 Å². The van der Waals surface area contributed by atoms with Crippen molar-refractivity contribution in [2.24, 2.45) is 0 Å². The maximum absolute atomic E-state index is 5.34. The summed E-state index contributed by atoms with van der Waals surface area (Å²) in [5.41, 5.74) is 1.18. The number of ether oxygens (including phenoxy) is 2. The van der Waals surface area contributed by atoms with Crippen LogP contribution in [0, 0.1) is 0 Å². The van der Waals surface area contributed by atoms with E-state index in [1.54, 1.807) is 14.2 Å². The van der Waals surface area contributed by atoms with E-state index in [-0.39, 0.29) is 0 Å². The molecule has 0 aliphatic heterocycles. The van der Waals surface area contributed by atoms with E-state index in [1.807, 2.05) is 17.8 Å². The minimum Gasteiger partial charge on any atom is -0.493 e. The lowest BCUT2D eigenvalue weighted by molar-refractivity contribution is 0.352. The second-order valence-corrected chi connectivity index (χ2v) is 6.22. The first-order valence-corrected chi connectivity index (χ1v) is 8.43. The number of benzene rings is 1. The Bertz CT molecular complexity index is 401. The van der Waals surface area contributed by atoms with Crippen LogP contribution in [0.15, 0.2) is 16.6 Å². The minimum atomic E-state index is 0.513. The normalized spacial score (nSPS) is 12.3. The van der Waals surface area contributed by atoms with Crippen LogP contribution in [0.1, 0.15) is 18.9 Å². The lowest BCUT2D eigenvalue weighted by Gasteiger charge is -2.15. The smallest absolute Gasteiger partial charge is 0.174 e. The molecule has 0 aliphatic carbocycles. The Balaban J connectivity index is 2.66. The topological polar surface area (TPSA) is 30.5 Å². The molecule has 1 atom stereocenters. The Morgan fingerprint density at radius 2 is 2.05 bits per heavy atom. The maximum Gasteiger partial charge on any atom is 0.174 e. The zero-order chi connectivity index (χ0) is 14.3. The van der Waals surface area contributed by atoms with Crippen molar-refractivity contribution >= 4 is 27.7 Å². The van der Waals surface area contributed by atoms with Gasteiger partial charge in [0.1, 0.15) is 0 Å². The molecule has 19 heavy (non-hydrogen) atoms. The highest BCUT2D eigenvalue weighted by Crippen LogP contribution is 2.36. The minimum absolute atomic E-state index is 0.513. The van der Waals surface area contributed by atoms with Gasteiger partial charge in [-0.15, -0.1) is 0 Å². The van der Waals surface area contributed by atoms with E-state index in [0.717, 1.165) is 22.5 Å². The van der Waals surface area contributed by atoms with E-state index in [1.165, 1.54) is 17.7 Å². The standard InChI is InChI=1S/C14H22BrNO2S/c1-10(5-6-19-4)16-9-11-7-12(15)14(18-3)13(8-11)17-2/h7-8,10,16H,5-6,9H2,1-4H3. The monoisotopic (exact) mass is 347 g/mol. The van der Waals surface area contributed by atoms with Gasteiger partial charge in [-0.05, 0) is 59.0 Å². The molecule has 1 aromatic rings. The van der Waals surface area contributed by atoms with Gasteiger partial charge in [0.2, 0.25) is 0 Å². The molecule has 5 heteroatoms. The number of rotatable bonds is 8. The van der Waals surface area contributed by atoms with E-state index in [0.29, 0.717) is 6.04 Å². The second-order valence-electron chi connectivity index (χ2n) is 4.38. The second kappa shape index (κ2) is 8.72. The van der Waals surface area contributed by atoms with E-state index in [4.69, 9.17) is 9.47 Å². The molecule has 0 spiro atoms.